The van der Waals surface area contributed by atoms with Gasteiger partial charge in [-0.2, -0.15) is 0 Å². The molecule has 0 N–H and O–H groups in total. The summed E-state index contributed by atoms with van der Waals surface area (Å²) in [6, 6.07) is 7.39. The topological polar surface area (TPSA) is 46.6 Å². The van der Waals surface area contributed by atoms with Crippen molar-refractivity contribution in [1.29, 1.82) is 0 Å². The lowest BCUT2D eigenvalue weighted by Gasteiger charge is -2.24. The molecule has 0 fully saturated rings. The Morgan fingerprint density at radius 2 is 2.00 bits per heavy atom. The number of hydrogen-bond acceptors (Lipinski definition) is 3. The number of methoxy groups -OCH3 is 1. The molecule has 4 nitrogen and oxygen atoms in total. The minimum absolute atomic E-state index is 0.0537. The fraction of sp³-hybridized carbons (Fsp3) is 0.294. The molecule has 1 aromatic carbocycles. The number of para-hydroxylation sites is 1. The Kier molecular flexibility index (Phi) is 4.26. The number of carbonyl (C=O) groups is 2. The zero-order chi connectivity index (χ0) is 15.6. The van der Waals surface area contributed by atoms with Crippen LogP contribution in [0.3, 0.4) is 0 Å². The average Bonchev–Trinajstić information content (AvgIpc) is 2.80. The standard InChI is InChI=1S/C17H19NO3/c1-5-8-15-16(11(2)17(20)21-4)13-9-6-7-10-14(13)18(15)12(3)19/h5-7,9-10,15H,1,8H2,2-4H3/b16-11-. The summed E-state index contributed by atoms with van der Waals surface area (Å²) in [5, 5.41) is 0. The van der Waals surface area contributed by atoms with Gasteiger partial charge in [0, 0.05) is 18.1 Å². The van der Waals surface area contributed by atoms with Gasteiger partial charge in [0.15, 0.2) is 0 Å². The molecule has 1 aliphatic heterocycles. The van der Waals surface area contributed by atoms with E-state index in [1.807, 2.05) is 24.3 Å². The number of fused-ring (bicyclic) bond motifs is 1. The molecule has 0 spiro atoms. The highest BCUT2D eigenvalue weighted by molar-refractivity contribution is 6.09. The van der Waals surface area contributed by atoms with Crippen LogP contribution < -0.4 is 4.90 Å². The maximum absolute atomic E-state index is 12.1. The second-order valence-electron chi connectivity index (χ2n) is 4.98. The average molecular weight is 285 g/mol. The van der Waals surface area contributed by atoms with Crippen molar-refractivity contribution in [3.63, 3.8) is 0 Å². The van der Waals surface area contributed by atoms with Crippen molar-refractivity contribution < 1.29 is 14.3 Å². The van der Waals surface area contributed by atoms with Crippen molar-refractivity contribution in [2.45, 2.75) is 26.3 Å². The zero-order valence-electron chi connectivity index (χ0n) is 12.6. The molecular formula is C17H19NO3. The number of anilines is 1. The fourth-order valence-corrected chi connectivity index (χ4v) is 2.87. The molecule has 1 amide bonds. The predicted octanol–water partition coefficient (Wildman–Crippen LogP) is 2.94. The molecule has 110 valence electrons. The molecule has 1 unspecified atom stereocenters. The van der Waals surface area contributed by atoms with Gasteiger partial charge in [-0.25, -0.2) is 4.79 Å². The summed E-state index contributed by atoms with van der Waals surface area (Å²) in [4.78, 5) is 25.7. The minimum atomic E-state index is -0.376. The molecule has 1 heterocycles. The zero-order valence-corrected chi connectivity index (χ0v) is 12.6. The van der Waals surface area contributed by atoms with E-state index in [2.05, 4.69) is 6.58 Å². The summed E-state index contributed by atoms with van der Waals surface area (Å²) in [5.41, 5.74) is 3.10. The summed E-state index contributed by atoms with van der Waals surface area (Å²) < 4.78 is 4.84. The van der Waals surface area contributed by atoms with Gasteiger partial charge in [-0.3, -0.25) is 4.79 Å². The van der Waals surface area contributed by atoms with Gasteiger partial charge in [-0.15, -0.1) is 6.58 Å². The van der Waals surface area contributed by atoms with Crippen molar-refractivity contribution in [2.75, 3.05) is 12.0 Å². The van der Waals surface area contributed by atoms with Crippen LogP contribution in [0.4, 0.5) is 5.69 Å². The van der Waals surface area contributed by atoms with Crippen LogP contribution in [0.25, 0.3) is 5.57 Å². The summed E-state index contributed by atoms with van der Waals surface area (Å²) in [7, 11) is 1.36. The Labute approximate surface area is 124 Å². The molecule has 0 saturated carbocycles. The monoisotopic (exact) mass is 285 g/mol. The second-order valence-corrected chi connectivity index (χ2v) is 4.98. The van der Waals surface area contributed by atoms with E-state index >= 15 is 0 Å². The Balaban J connectivity index is 2.69. The van der Waals surface area contributed by atoms with E-state index in [9.17, 15) is 9.59 Å². The number of benzene rings is 1. The first-order chi connectivity index (χ1) is 10.0. The Morgan fingerprint density at radius 3 is 2.57 bits per heavy atom. The van der Waals surface area contributed by atoms with E-state index in [0.29, 0.717) is 12.0 Å². The Hall–Kier alpha value is -2.36. The van der Waals surface area contributed by atoms with Crippen LogP contribution in [0.15, 0.2) is 42.5 Å². The van der Waals surface area contributed by atoms with Crippen LogP contribution in [0.5, 0.6) is 0 Å². The van der Waals surface area contributed by atoms with Crippen LogP contribution >= 0.6 is 0 Å². The van der Waals surface area contributed by atoms with E-state index in [0.717, 1.165) is 16.8 Å². The predicted molar refractivity (Wildman–Crippen MR) is 82.8 cm³/mol. The number of ether oxygens (including phenoxy) is 1. The molecule has 1 atom stereocenters. The van der Waals surface area contributed by atoms with Gasteiger partial charge in [-0.05, 0) is 25.0 Å². The maximum Gasteiger partial charge on any atom is 0.333 e. The van der Waals surface area contributed by atoms with Gasteiger partial charge in [-0.1, -0.05) is 24.3 Å². The van der Waals surface area contributed by atoms with Gasteiger partial charge in [0.25, 0.3) is 0 Å². The normalized spacial score (nSPS) is 19.0. The first-order valence-corrected chi connectivity index (χ1v) is 6.82. The van der Waals surface area contributed by atoms with Gasteiger partial charge < -0.3 is 9.64 Å². The summed E-state index contributed by atoms with van der Waals surface area (Å²) in [6.07, 6.45) is 2.34. The number of carbonyl (C=O) groups excluding carboxylic acids is 2. The molecule has 0 aromatic heterocycles. The molecule has 4 heteroatoms. The molecule has 1 aromatic rings. The third-order valence-electron chi connectivity index (χ3n) is 3.72. The van der Waals surface area contributed by atoms with E-state index in [1.54, 1.807) is 17.9 Å². The van der Waals surface area contributed by atoms with E-state index < -0.39 is 0 Å². The molecule has 0 saturated heterocycles. The van der Waals surface area contributed by atoms with Crippen molar-refractivity contribution in [1.82, 2.24) is 0 Å². The van der Waals surface area contributed by atoms with Crippen molar-refractivity contribution in [3.8, 4) is 0 Å². The molecule has 0 bridgehead atoms. The molecule has 2 rings (SSSR count). The lowest BCUT2D eigenvalue weighted by Crippen LogP contribution is -2.35. The number of amides is 1. The van der Waals surface area contributed by atoms with Gasteiger partial charge in [0.05, 0.1) is 18.8 Å². The largest absolute Gasteiger partial charge is 0.466 e. The smallest absolute Gasteiger partial charge is 0.333 e. The van der Waals surface area contributed by atoms with E-state index in [4.69, 9.17) is 4.74 Å². The fourth-order valence-electron chi connectivity index (χ4n) is 2.87. The quantitative estimate of drug-likeness (QED) is 0.487. The van der Waals surface area contributed by atoms with Crippen LogP contribution in [-0.4, -0.2) is 25.0 Å². The number of esters is 1. The molecular weight excluding hydrogens is 266 g/mol. The molecule has 0 aliphatic carbocycles. The van der Waals surface area contributed by atoms with Crippen molar-refractivity contribution in [2.24, 2.45) is 0 Å². The van der Waals surface area contributed by atoms with Crippen LogP contribution in [0.1, 0.15) is 25.8 Å². The summed E-state index contributed by atoms with van der Waals surface area (Å²) in [6.45, 7) is 7.03. The highest BCUT2D eigenvalue weighted by atomic mass is 16.5. The Morgan fingerprint density at radius 1 is 1.33 bits per heavy atom. The summed E-state index contributed by atoms with van der Waals surface area (Å²) in [5.74, 6) is -0.429. The number of nitrogens with zero attached hydrogens (tertiary/aromatic N) is 1. The van der Waals surface area contributed by atoms with Gasteiger partial charge in [0.1, 0.15) is 0 Å². The van der Waals surface area contributed by atoms with Gasteiger partial charge in [0.2, 0.25) is 5.91 Å². The van der Waals surface area contributed by atoms with E-state index in [-0.39, 0.29) is 17.9 Å². The van der Waals surface area contributed by atoms with E-state index in [1.165, 1.54) is 14.0 Å². The van der Waals surface area contributed by atoms with Crippen LogP contribution in [0.2, 0.25) is 0 Å². The highest BCUT2D eigenvalue weighted by Crippen LogP contribution is 2.43. The lowest BCUT2D eigenvalue weighted by molar-refractivity contribution is -0.136. The van der Waals surface area contributed by atoms with Crippen molar-refractivity contribution >= 4 is 23.1 Å². The SMILES string of the molecule is C=CCC1/C(=C(/C)C(=O)OC)c2ccccc2N1C(C)=O. The van der Waals surface area contributed by atoms with Crippen LogP contribution in [0, 0.1) is 0 Å². The maximum atomic E-state index is 12.1. The first kappa shape index (κ1) is 15.0. The third kappa shape index (κ3) is 2.49. The molecule has 1 aliphatic rings. The molecule has 0 radical (unpaired) electrons. The van der Waals surface area contributed by atoms with Gasteiger partial charge >= 0.3 is 5.97 Å². The van der Waals surface area contributed by atoms with Crippen LogP contribution in [-0.2, 0) is 14.3 Å². The second kappa shape index (κ2) is 5.95. The Bertz CT molecular complexity index is 631. The highest BCUT2D eigenvalue weighted by Gasteiger charge is 2.37. The first-order valence-electron chi connectivity index (χ1n) is 6.82. The minimum Gasteiger partial charge on any atom is -0.466 e. The number of rotatable bonds is 3. The van der Waals surface area contributed by atoms with Crippen molar-refractivity contribution in [3.05, 3.63) is 48.1 Å². The lowest BCUT2D eigenvalue weighted by atomic mass is 9.95. The number of hydrogen-bond donors (Lipinski definition) is 0. The molecule has 21 heavy (non-hydrogen) atoms. The third-order valence-corrected chi connectivity index (χ3v) is 3.72. The summed E-state index contributed by atoms with van der Waals surface area (Å²) >= 11 is 0.